The molecule has 0 saturated heterocycles. The van der Waals surface area contributed by atoms with Crippen molar-refractivity contribution >= 4 is 32.9 Å². The minimum absolute atomic E-state index is 0.0864. The topological polar surface area (TPSA) is 90.7 Å². The second-order valence-electron chi connectivity index (χ2n) is 3.66. The van der Waals surface area contributed by atoms with Gasteiger partial charge < -0.3 is 15.2 Å². The first-order valence-corrected chi connectivity index (χ1v) is 7.43. The summed E-state index contributed by atoms with van der Waals surface area (Å²) in [5.41, 5.74) is 6.23. The number of hydrogen-bond acceptors (Lipinski definition) is 5. The molecule has 0 aliphatic carbocycles. The van der Waals surface area contributed by atoms with Crippen molar-refractivity contribution in [3.8, 4) is 5.75 Å². The molecule has 0 aliphatic heterocycles. The lowest BCUT2D eigenvalue weighted by atomic mass is 10.1. The average Bonchev–Trinajstić information content (AvgIpc) is 2.36. The predicted octanol–water partition coefficient (Wildman–Crippen LogP) is 0.718. The van der Waals surface area contributed by atoms with Crippen LogP contribution < -0.4 is 15.2 Å². The number of nitrogens with two attached hydrogens (primary N) is 1. The van der Waals surface area contributed by atoms with Crippen molar-refractivity contribution in [3.05, 3.63) is 23.8 Å². The second-order valence-corrected chi connectivity index (χ2v) is 5.94. The van der Waals surface area contributed by atoms with Crippen molar-refractivity contribution < 1.29 is 17.9 Å². The van der Waals surface area contributed by atoms with Gasteiger partial charge in [-0.15, -0.1) is 0 Å². The minimum Gasteiger partial charge on any atom is -0.495 e. The van der Waals surface area contributed by atoms with E-state index in [-0.39, 0.29) is 23.0 Å². The summed E-state index contributed by atoms with van der Waals surface area (Å²) in [6, 6.07) is 4.93. The Morgan fingerprint density at radius 3 is 2.63 bits per heavy atom. The highest BCUT2D eigenvalue weighted by atomic mass is 32.2. The van der Waals surface area contributed by atoms with Crippen LogP contribution in [0.3, 0.4) is 0 Å². The van der Waals surface area contributed by atoms with Crippen LogP contribution in [-0.4, -0.2) is 40.0 Å². The quantitative estimate of drug-likeness (QED) is 0.721. The average molecular weight is 304 g/mol. The highest BCUT2D eigenvalue weighted by Crippen LogP contribution is 2.29. The molecule has 0 heterocycles. The summed E-state index contributed by atoms with van der Waals surface area (Å²) in [4.78, 5) is 0.0864. The number of anilines is 1. The molecule has 1 aromatic rings. The number of thiocarbonyl (C=S) groups is 1. The molecule has 3 N–H and O–H groups in total. The molecule has 0 spiro atoms. The summed E-state index contributed by atoms with van der Waals surface area (Å²) in [7, 11) is -0.690. The first-order valence-electron chi connectivity index (χ1n) is 5.37. The Labute approximate surface area is 117 Å². The Balaban J connectivity index is 3.15. The molecule has 6 nitrogen and oxygen atoms in total. The van der Waals surface area contributed by atoms with Gasteiger partial charge in [-0.1, -0.05) is 18.3 Å². The summed E-state index contributed by atoms with van der Waals surface area (Å²) >= 11 is 4.90. The number of methoxy groups -OCH3 is 2. The standard InChI is InChI=1S/C11H16N2O4S2/c1-16-6-7-19(14,15)13-10-8(11(12)18)4-3-5-9(10)17-2/h3-5,13H,6-7H2,1-2H3,(H2,12,18). The van der Waals surface area contributed by atoms with Crippen LogP contribution in [0.1, 0.15) is 5.56 Å². The summed E-state index contributed by atoms with van der Waals surface area (Å²) in [5, 5.41) is 0. The van der Waals surface area contributed by atoms with E-state index in [4.69, 9.17) is 27.4 Å². The van der Waals surface area contributed by atoms with Crippen molar-refractivity contribution in [2.75, 3.05) is 31.3 Å². The van der Waals surface area contributed by atoms with Gasteiger partial charge in [0.2, 0.25) is 10.0 Å². The molecular weight excluding hydrogens is 288 g/mol. The Morgan fingerprint density at radius 2 is 2.11 bits per heavy atom. The molecule has 0 amide bonds. The first-order chi connectivity index (χ1) is 8.91. The number of hydrogen-bond donors (Lipinski definition) is 2. The summed E-state index contributed by atoms with van der Waals surface area (Å²) in [6.07, 6.45) is 0. The van der Waals surface area contributed by atoms with E-state index in [9.17, 15) is 8.42 Å². The lowest BCUT2D eigenvalue weighted by Crippen LogP contribution is -2.22. The molecule has 0 atom stereocenters. The van der Waals surface area contributed by atoms with Crippen LogP contribution in [0, 0.1) is 0 Å². The maximum absolute atomic E-state index is 11.9. The van der Waals surface area contributed by atoms with E-state index in [2.05, 4.69) is 4.72 Å². The minimum atomic E-state index is -3.56. The summed E-state index contributed by atoms with van der Waals surface area (Å²) < 4.78 is 36.0. The molecule has 0 bridgehead atoms. The molecule has 1 rings (SSSR count). The largest absolute Gasteiger partial charge is 0.495 e. The Kier molecular flexibility index (Phi) is 5.52. The zero-order chi connectivity index (χ0) is 14.5. The van der Waals surface area contributed by atoms with Gasteiger partial charge in [0, 0.05) is 12.7 Å². The van der Waals surface area contributed by atoms with Gasteiger partial charge >= 0.3 is 0 Å². The Bertz CT molecular complexity index is 558. The van der Waals surface area contributed by atoms with Crippen LogP contribution in [0.5, 0.6) is 5.75 Å². The highest BCUT2D eigenvalue weighted by molar-refractivity contribution is 7.92. The van der Waals surface area contributed by atoms with Gasteiger partial charge in [0.25, 0.3) is 0 Å². The predicted molar refractivity (Wildman–Crippen MR) is 78.2 cm³/mol. The van der Waals surface area contributed by atoms with Gasteiger partial charge in [-0.05, 0) is 12.1 Å². The molecule has 0 aromatic heterocycles. The number of rotatable bonds is 7. The zero-order valence-electron chi connectivity index (χ0n) is 10.7. The number of nitrogens with one attached hydrogen (secondary N) is 1. The number of sulfonamides is 1. The molecule has 8 heteroatoms. The molecule has 0 radical (unpaired) electrons. The maximum Gasteiger partial charge on any atom is 0.235 e. The normalized spacial score (nSPS) is 11.1. The smallest absolute Gasteiger partial charge is 0.235 e. The van der Waals surface area contributed by atoms with Crippen molar-refractivity contribution in [2.24, 2.45) is 5.73 Å². The van der Waals surface area contributed by atoms with Crippen molar-refractivity contribution in [1.29, 1.82) is 0 Å². The van der Waals surface area contributed by atoms with Crippen LogP contribution in [0.2, 0.25) is 0 Å². The fourth-order valence-corrected chi connectivity index (χ4v) is 2.59. The van der Waals surface area contributed by atoms with Crippen LogP contribution in [0.4, 0.5) is 5.69 Å². The van der Waals surface area contributed by atoms with Gasteiger partial charge in [0.15, 0.2) is 0 Å². The maximum atomic E-state index is 11.9. The van der Waals surface area contributed by atoms with Gasteiger partial charge in [0.1, 0.15) is 16.4 Å². The monoisotopic (exact) mass is 304 g/mol. The molecule has 106 valence electrons. The van der Waals surface area contributed by atoms with Crippen molar-refractivity contribution in [2.45, 2.75) is 0 Å². The molecule has 0 saturated carbocycles. The van der Waals surface area contributed by atoms with Crippen LogP contribution in [0.15, 0.2) is 18.2 Å². The fraction of sp³-hybridized carbons (Fsp3) is 0.364. The SMILES string of the molecule is COCCS(=O)(=O)Nc1c(OC)cccc1C(N)=S. The van der Waals surface area contributed by atoms with Crippen molar-refractivity contribution in [1.82, 2.24) is 0 Å². The molecule has 0 fully saturated rings. The first kappa shape index (κ1) is 15.7. The Morgan fingerprint density at radius 1 is 1.42 bits per heavy atom. The fourth-order valence-electron chi connectivity index (χ4n) is 1.41. The van der Waals surface area contributed by atoms with E-state index in [1.54, 1.807) is 18.2 Å². The van der Waals surface area contributed by atoms with Crippen LogP contribution >= 0.6 is 12.2 Å². The summed E-state index contributed by atoms with van der Waals surface area (Å²) in [5.74, 6) is 0.185. The van der Waals surface area contributed by atoms with Crippen LogP contribution in [-0.2, 0) is 14.8 Å². The van der Waals surface area contributed by atoms with E-state index in [0.29, 0.717) is 11.3 Å². The Hall–Kier alpha value is -1.38. The molecule has 1 aromatic carbocycles. The lowest BCUT2D eigenvalue weighted by molar-refractivity contribution is 0.217. The third-order valence-electron chi connectivity index (χ3n) is 2.33. The van der Waals surface area contributed by atoms with E-state index in [1.165, 1.54) is 14.2 Å². The highest BCUT2D eigenvalue weighted by Gasteiger charge is 2.17. The second kappa shape index (κ2) is 6.69. The summed E-state index contributed by atoms with van der Waals surface area (Å²) in [6.45, 7) is 0.0902. The molecule has 0 unspecified atom stereocenters. The van der Waals surface area contributed by atoms with E-state index < -0.39 is 10.0 Å². The van der Waals surface area contributed by atoms with Gasteiger partial charge in [-0.25, -0.2) is 8.42 Å². The number of para-hydroxylation sites is 1. The third-order valence-corrected chi connectivity index (χ3v) is 3.76. The van der Waals surface area contributed by atoms with Crippen molar-refractivity contribution in [3.63, 3.8) is 0 Å². The van der Waals surface area contributed by atoms with Crippen LogP contribution in [0.25, 0.3) is 0 Å². The lowest BCUT2D eigenvalue weighted by Gasteiger charge is -2.15. The molecule has 19 heavy (non-hydrogen) atoms. The van der Waals surface area contributed by atoms with E-state index >= 15 is 0 Å². The third kappa shape index (κ3) is 4.34. The van der Waals surface area contributed by atoms with E-state index in [0.717, 1.165) is 0 Å². The number of ether oxygens (including phenoxy) is 2. The number of benzene rings is 1. The molecular formula is C11H16N2O4S2. The zero-order valence-corrected chi connectivity index (χ0v) is 12.3. The molecule has 0 aliphatic rings. The van der Waals surface area contributed by atoms with E-state index in [1.807, 2.05) is 0 Å². The van der Waals surface area contributed by atoms with Gasteiger partial charge in [-0.3, -0.25) is 4.72 Å². The van der Waals surface area contributed by atoms with Gasteiger partial charge in [-0.2, -0.15) is 0 Å². The van der Waals surface area contributed by atoms with Gasteiger partial charge in [0.05, 0.1) is 19.5 Å².